The van der Waals surface area contributed by atoms with Crippen molar-refractivity contribution in [3.8, 4) is 0 Å². The van der Waals surface area contributed by atoms with E-state index < -0.39 is 8.80 Å². The van der Waals surface area contributed by atoms with Crippen molar-refractivity contribution in [3.63, 3.8) is 0 Å². The highest BCUT2D eigenvalue weighted by molar-refractivity contribution is 7.36. The van der Waals surface area contributed by atoms with Crippen LogP contribution in [0, 0.1) is 0 Å². The molecule has 0 radical (unpaired) electrons. The maximum atomic E-state index is 8.50. The first-order chi connectivity index (χ1) is 4.06. The molecule has 0 aromatic carbocycles. The summed E-state index contributed by atoms with van der Waals surface area (Å²) in [5, 5.41) is 0. The van der Waals surface area contributed by atoms with Gasteiger partial charge in [0.1, 0.15) is 0 Å². The fourth-order valence-electron chi connectivity index (χ4n) is 0.502. The Morgan fingerprint density at radius 3 is 2.22 bits per heavy atom. The van der Waals surface area contributed by atoms with Crippen molar-refractivity contribution < 1.29 is 14.4 Å². The van der Waals surface area contributed by atoms with Crippen LogP contribution in [0.5, 0.6) is 0 Å². The van der Waals surface area contributed by atoms with Gasteiger partial charge < -0.3 is 14.4 Å². The van der Waals surface area contributed by atoms with Crippen molar-refractivity contribution in [1.29, 1.82) is 0 Å². The van der Waals surface area contributed by atoms with Gasteiger partial charge in [0, 0.05) is 6.04 Å². The standard InChI is InChI=1S/C4H13O3PSi/c1-8-3-2-4-9(5,6)7/h5-8H,2-4H2,1H3. The molecular weight excluding hydrogens is 155 g/mol. The Balaban J connectivity index is 3.07. The third kappa shape index (κ3) is 8.53. The summed E-state index contributed by atoms with van der Waals surface area (Å²) in [7, 11) is -2.86. The van der Waals surface area contributed by atoms with Crippen molar-refractivity contribution in [2.24, 2.45) is 0 Å². The van der Waals surface area contributed by atoms with Gasteiger partial charge in [-0.3, -0.25) is 0 Å². The Kier molecular flexibility index (Phi) is 4.61. The Morgan fingerprint density at radius 1 is 1.33 bits per heavy atom. The third-order valence-electron chi connectivity index (χ3n) is 0.939. The van der Waals surface area contributed by atoms with Gasteiger partial charge in [-0.05, 0) is 19.2 Å². The van der Waals surface area contributed by atoms with Gasteiger partial charge in [-0.2, -0.15) is 0 Å². The fourth-order valence-corrected chi connectivity index (χ4v) is 2.04. The average Bonchev–Trinajstić information content (AvgIpc) is 1.63. The van der Waals surface area contributed by atoms with Crippen LogP contribution in [0.25, 0.3) is 0 Å². The molecule has 0 aliphatic heterocycles. The second-order valence-corrected chi connectivity index (χ2v) is 5.24. The van der Waals surface area contributed by atoms with Crippen LogP contribution in [0.3, 0.4) is 0 Å². The first-order valence-electron chi connectivity index (χ1n) is 2.88. The highest BCUT2D eigenvalue weighted by Gasteiger charge is 2.24. The molecule has 0 saturated carbocycles. The highest BCUT2D eigenvalue weighted by Crippen LogP contribution is 2.09. The maximum absolute atomic E-state index is 8.50. The van der Waals surface area contributed by atoms with Crippen LogP contribution in [0.1, 0.15) is 6.42 Å². The minimum Gasteiger partial charge on any atom is -0.390 e. The minimum atomic E-state index is -3.69. The van der Waals surface area contributed by atoms with Gasteiger partial charge in [-0.25, -0.2) is 0 Å². The number of hydrogen-bond acceptors (Lipinski definition) is 3. The van der Waals surface area contributed by atoms with E-state index in [9.17, 15) is 0 Å². The quantitative estimate of drug-likeness (QED) is 0.304. The van der Waals surface area contributed by atoms with Crippen LogP contribution in [0.15, 0.2) is 0 Å². The van der Waals surface area contributed by atoms with E-state index in [1.807, 2.05) is 0 Å². The Bertz CT molecular complexity index is 72.7. The van der Waals surface area contributed by atoms with E-state index in [1.165, 1.54) is 0 Å². The predicted molar refractivity (Wildman–Crippen MR) is 40.9 cm³/mol. The molecule has 0 aliphatic rings. The zero-order chi connectivity index (χ0) is 7.33. The lowest BCUT2D eigenvalue weighted by molar-refractivity contribution is 0.227. The fraction of sp³-hybridized carbons (Fsp3) is 1.00. The van der Waals surface area contributed by atoms with Crippen LogP contribution in [-0.4, -0.2) is 36.0 Å². The lowest BCUT2D eigenvalue weighted by Gasteiger charge is -2.06. The Morgan fingerprint density at radius 2 is 1.89 bits per heavy atom. The average molecular weight is 168 g/mol. The van der Waals surface area contributed by atoms with Crippen molar-refractivity contribution in [2.45, 2.75) is 12.5 Å². The largest absolute Gasteiger partial charge is 0.492 e. The number of rotatable bonds is 4. The van der Waals surface area contributed by atoms with Crippen LogP contribution < -0.4 is 0 Å². The molecule has 0 aromatic rings. The van der Waals surface area contributed by atoms with Crippen molar-refractivity contribution in [2.75, 3.05) is 12.8 Å². The summed E-state index contributed by atoms with van der Waals surface area (Å²) in [5.41, 5.74) is 0. The van der Waals surface area contributed by atoms with Crippen molar-refractivity contribution >= 4 is 17.4 Å². The van der Waals surface area contributed by atoms with Gasteiger partial charge in [-0.15, -0.1) is 8.58 Å². The molecule has 1 atom stereocenters. The highest BCUT2D eigenvalue weighted by atomic mass is 31.1. The maximum Gasteiger partial charge on any atom is 0.492 e. The van der Waals surface area contributed by atoms with Gasteiger partial charge in [0.05, 0.1) is 0 Å². The van der Waals surface area contributed by atoms with Gasteiger partial charge in [-0.1, -0.05) is 0 Å². The molecule has 0 bridgehead atoms. The second-order valence-electron chi connectivity index (χ2n) is 1.98. The first kappa shape index (κ1) is 9.53. The van der Waals surface area contributed by atoms with Crippen LogP contribution in [0.2, 0.25) is 6.04 Å². The SMILES string of the molecule is CPCCC[Si](O)(O)O. The zero-order valence-corrected chi connectivity index (χ0v) is 7.46. The molecule has 0 spiro atoms. The van der Waals surface area contributed by atoms with Gasteiger partial charge in [0.25, 0.3) is 0 Å². The molecule has 0 rings (SSSR count). The molecule has 0 heterocycles. The molecule has 1 unspecified atom stereocenters. The summed E-state index contributed by atoms with van der Waals surface area (Å²) in [6.07, 6.45) is 1.71. The van der Waals surface area contributed by atoms with Crippen LogP contribution in [0.4, 0.5) is 0 Å². The zero-order valence-electron chi connectivity index (χ0n) is 5.46. The molecule has 3 nitrogen and oxygen atoms in total. The monoisotopic (exact) mass is 168 g/mol. The first-order valence-corrected chi connectivity index (χ1v) is 6.63. The van der Waals surface area contributed by atoms with E-state index in [0.717, 1.165) is 21.2 Å². The summed E-state index contributed by atoms with van der Waals surface area (Å²) >= 11 is 0. The van der Waals surface area contributed by atoms with Crippen LogP contribution in [-0.2, 0) is 0 Å². The van der Waals surface area contributed by atoms with E-state index in [0.29, 0.717) is 0 Å². The molecule has 0 saturated heterocycles. The topological polar surface area (TPSA) is 60.7 Å². The van der Waals surface area contributed by atoms with Gasteiger partial charge in [0.15, 0.2) is 0 Å². The molecule has 9 heavy (non-hydrogen) atoms. The summed E-state index contributed by atoms with van der Waals surface area (Å²) in [6, 6.07) is 0.188. The molecule has 3 N–H and O–H groups in total. The Hall–Kier alpha value is 0.527. The second kappa shape index (κ2) is 4.36. The minimum absolute atomic E-state index is 0.188. The smallest absolute Gasteiger partial charge is 0.390 e. The molecule has 56 valence electrons. The molecular formula is C4H13O3PSi. The molecule has 5 heteroatoms. The summed E-state index contributed by atoms with van der Waals surface area (Å²) < 4.78 is 0. The van der Waals surface area contributed by atoms with Gasteiger partial charge >= 0.3 is 8.80 Å². The molecule has 0 aromatic heterocycles. The third-order valence-corrected chi connectivity index (χ3v) is 2.82. The van der Waals surface area contributed by atoms with Crippen LogP contribution >= 0.6 is 8.58 Å². The van der Waals surface area contributed by atoms with Crippen molar-refractivity contribution in [1.82, 2.24) is 0 Å². The van der Waals surface area contributed by atoms with E-state index in [1.54, 1.807) is 0 Å². The lowest BCUT2D eigenvalue weighted by atomic mass is 10.6. The summed E-state index contributed by atoms with van der Waals surface area (Å²) in [5.74, 6) is 0. The van der Waals surface area contributed by atoms with E-state index >= 15 is 0 Å². The Labute approximate surface area is 57.9 Å². The molecule has 0 aliphatic carbocycles. The molecule has 0 amide bonds. The molecule has 0 fully saturated rings. The van der Waals surface area contributed by atoms with Crippen molar-refractivity contribution in [3.05, 3.63) is 0 Å². The lowest BCUT2D eigenvalue weighted by Crippen LogP contribution is -2.34. The van der Waals surface area contributed by atoms with E-state index in [-0.39, 0.29) is 6.04 Å². The number of hydrogen-bond donors (Lipinski definition) is 3. The van der Waals surface area contributed by atoms with E-state index in [2.05, 4.69) is 6.66 Å². The summed E-state index contributed by atoms with van der Waals surface area (Å²) in [4.78, 5) is 25.5. The van der Waals surface area contributed by atoms with Gasteiger partial charge in [0.2, 0.25) is 0 Å². The summed E-state index contributed by atoms with van der Waals surface area (Å²) in [6.45, 7) is 2.05. The van der Waals surface area contributed by atoms with E-state index in [4.69, 9.17) is 14.4 Å². The predicted octanol–water partition coefficient (Wildman–Crippen LogP) is -0.399. The normalized spacial score (nSPS) is 13.3.